The highest BCUT2D eigenvalue weighted by atomic mass is 16.6. The maximum Gasteiger partial charge on any atom is 0.408 e. The van der Waals surface area contributed by atoms with Crippen LogP contribution >= 0.6 is 0 Å². The Kier molecular flexibility index (Phi) is 11.0. The molecule has 1 N–H and O–H groups in total. The second-order valence-corrected chi connectivity index (χ2v) is 10.5. The first-order valence-corrected chi connectivity index (χ1v) is 14.0. The zero-order valence-corrected chi connectivity index (χ0v) is 25.7. The third-order valence-corrected chi connectivity index (χ3v) is 6.19. The minimum absolute atomic E-state index is 0.235. The number of methoxy groups -OCH3 is 2. The summed E-state index contributed by atoms with van der Waals surface area (Å²) in [5.74, 6) is 1.59. The number of carbonyl (C=O) groups excluding carboxylic acids is 2. The van der Waals surface area contributed by atoms with Crippen LogP contribution in [0.2, 0.25) is 0 Å². The molecule has 1 atom stereocenters. The predicted octanol–water partition coefficient (Wildman–Crippen LogP) is 6.83. The number of hydrogen-bond acceptors (Lipinski definition) is 7. The van der Waals surface area contributed by atoms with E-state index in [1.54, 1.807) is 34.1 Å². The van der Waals surface area contributed by atoms with Crippen molar-refractivity contribution in [3.8, 4) is 17.2 Å². The van der Waals surface area contributed by atoms with Crippen LogP contribution in [0, 0.1) is 6.92 Å². The second-order valence-electron chi connectivity index (χ2n) is 10.5. The van der Waals surface area contributed by atoms with E-state index in [9.17, 15) is 9.59 Å². The highest BCUT2D eigenvalue weighted by Crippen LogP contribution is 2.33. The Balaban J connectivity index is 0.00000237. The van der Waals surface area contributed by atoms with Gasteiger partial charge in [-0.1, -0.05) is 38.1 Å². The molecule has 0 aliphatic heterocycles. The van der Waals surface area contributed by atoms with Crippen molar-refractivity contribution >= 4 is 23.1 Å². The normalized spacial score (nSPS) is 11.6. The Morgan fingerprint density at radius 2 is 1.55 bits per heavy atom. The molecule has 224 valence electrons. The van der Waals surface area contributed by atoms with E-state index in [1.165, 1.54) is 7.11 Å². The Morgan fingerprint density at radius 1 is 0.929 bits per heavy atom. The smallest absolute Gasteiger partial charge is 0.408 e. The van der Waals surface area contributed by atoms with E-state index >= 15 is 0 Å². The molecule has 42 heavy (non-hydrogen) atoms. The van der Waals surface area contributed by atoms with Gasteiger partial charge in [0.15, 0.2) is 0 Å². The molecule has 9 nitrogen and oxygen atoms in total. The van der Waals surface area contributed by atoms with Gasteiger partial charge < -0.3 is 28.8 Å². The van der Waals surface area contributed by atoms with Crippen LogP contribution in [0.5, 0.6) is 17.2 Å². The van der Waals surface area contributed by atoms with Crippen molar-refractivity contribution in [1.82, 2.24) is 14.9 Å². The van der Waals surface area contributed by atoms with E-state index in [-0.39, 0.29) is 6.42 Å². The number of esters is 1. The molecule has 0 saturated carbocycles. The SMILES string of the molecule is CC.COC(=O)C(Cc1ccc(Oc2ccnc3c2c(C)cn3Cc2ccc(OC)cc2)cc1)NC(=O)OC(C)(C)C. The number of ether oxygens (including phenoxy) is 4. The van der Waals surface area contributed by atoms with Gasteiger partial charge in [0.05, 0.1) is 19.6 Å². The summed E-state index contributed by atoms with van der Waals surface area (Å²) in [5.41, 5.74) is 3.15. The molecule has 4 aromatic rings. The first-order valence-electron chi connectivity index (χ1n) is 14.0. The van der Waals surface area contributed by atoms with Crippen LogP contribution in [0.15, 0.2) is 67.0 Å². The molecule has 1 unspecified atom stereocenters. The number of amides is 1. The first kappa shape index (κ1) is 32.0. The molecule has 0 aliphatic rings. The lowest BCUT2D eigenvalue weighted by atomic mass is 10.1. The number of rotatable bonds is 9. The Hall–Kier alpha value is -4.53. The monoisotopic (exact) mass is 575 g/mol. The number of alkyl carbamates (subject to hydrolysis) is 1. The number of carbonyl (C=O) groups is 2. The van der Waals surface area contributed by atoms with Crippen LogP contribution in [-0.2, 0) is 27.2 Å². The average molecular weight is 576 g/mol. The van der Waals surface area contributed by atoms with E-state index < -0.39 is 23.7 Å². The van der Waals surface area contributed by atoms with Crippen LogP contribution in [0.3, 0.4) is 0 Å². The first-order chi connectivity index (χ1) is 20.1. The zero-order chi connectivity index (χ0) is 30.9. The van der Waals surface area contributed by atoms with E-state index in [0.29, 0.717) is 18.0 Å². The summed E-state index contributed by atoms with van der Waals surface area (Å²) < 4.78 is 23.8. The topological polar surface area (TPSA) is 101 Å². The third-order valence-electron chi connectivity index (χ3n) is 6.19. The maximum atomic E-state index is 12.3. The lowest BCUT2D eigenvalue weighted by molar-refractivity contribution is -0.143. The molecular formula is C33H41N3O6. The molecule has 0 saturated heterocycles. The van der Waals surface area contributed by atoms with Gasteiger partial charge in [0, 0.05) is 25.4 Å². The number of pyridine rings is 1. The standard InChI is InChI=1S/C31H35N3O6.C2H6/c1-20-18-34(19-22-9-11-23(37-5)12-10-22)28-27(20)26(15-16-32-28)39-24-13-7-21(8-14-24)17-25(29(35)38-6)33-30(36)40-31(2,3)4;1-2/h7-16,18,25H,17,19H2,1-6H3,(H,33,36);1-2H3. The predicted molar refractivity (Wildman–Crippen MR) is 163 cm³/mol. The summed E-state index contributed by atoms with van der Waals surface area (Å²) in [6.07, 6.45) is 3.36. The molecule has 4 rings (SSSR count). The Labute approximate surface area is 247 Å². The number of nitrogens with one attached hydrogen (secondary N) is 1. The van der Waals surface area contributed by atoms with Crippen LogP contribution in [0.4, 0.5) is 4.79 Å². The number of hydrogen-bond donors (Lipinski definition) is 1. The van der Waals surface area contributed by atoms with Crippen molar-refractivity contribution in [2.45, 2.75) is 66.2 Å². The fraction of sp³-hybridized carbons (Fsp3) is 0.364. The van der Waals surface area contributed by atoms with Crippen LogP contribution in [0.25, 0.3) is 11.0 Å². The molecule has 9 heteroatoms. The van der Waals surface area contributed by atoms with E-state index in [4.69, 9.17) is 18.9 Å². The fourth-order valence-electron chi connectivity index (χ4n) is 4.36. The van der Waals surface area contributed by atoms with Gasteiger partial charge in [0.2, 0.25) is 0 Å². The molecule has 0 spiro atoms. The van der Waals surface area contributed by atoms with Crippen molar-refractivity contribution in [1.29, 1.82) is 0 Å². The van der Waals surface area contributed by atoms with Crippen molar-refractivity contribution in [2.24, 2.45) is 0 Å². The largest absolute Gasteiger partial charge is 0.497 e. The molecule has 0 aliphatic carbocycles. The van der Waals surface area contributed by atoms with E-state index in [0.717, 1.165) is 33.5 Å². The molecule has 0 fully saturated rings. The van der Waals surface area contributed by atoms with Gasteiger partial charge in [-0.3, -0.25) is 0 Å². The number of aryl methyl sites for hydroxylation is 1. The summed E-state index contributed by atoms with van der Waals surface area (Å²) in [5, 5.41) is 3.53. The van der Waals surface area contributed by atoms with Gasteiger partial charge in [-0.25, -0.2) is 14.6 Å². The van der Waals surface area contributed by atoms with Crippen molar-refractivity contribution < 1.29 is 28.5 Å². The van der Waals surface area contributed by atoms with E-state index in [2.05, 4.69) is 21.1 Å². The third kappa shape index (κ3) is 8.49. The van der Waals surface area contributed by atoms with Crippen LogP contribution < -0.4 is 14.8 Å². The summed E-state index contributed by atoms with van der Waals surface area (Å²) >= 11 is 0. The minimum Gasteiger partial charge on any atom is -0.497 e. The molecule has 1 amide bonds. The molecule has 2 heterocycles. The Morgan fingerprint density at radius 3 is 2.14 bits per heavy atom. The number of fused-ring (bicyclic) bond motifs is 1. The number of aromatic nitrogens is 2. The molecule has 2 aromatic heterocycles. The molecule has 0 radical (unpaired) electrons. The minimum atomic E-state index is -0.889. The van der Waals surface area contributed by atoms with Gasteiger partial charge in [-0.2, -0.15) is 0 Å². The van der Waals surface area contributed by atoms with Crippen LogP contribution in [0.1, 0.15) is 51.3 Å². The second kappa shape index (κ2) is 14.4. The van der Waals surface area contributed by atoms with Crippen LogP contribution in [-0.4, -0.2) is 47.5 Å². The van der Waals surface area contributed by atoms with Gasteiger partial charge in [0.1, 0.15) is 34.5 Å². The van der Waals surface area contributed by atoms with Gasteiger partial charge in [-0.05, 0) is 74.7 Å². The van der Waals surface area contributed by atoms with Gasteiger partial charge in [0.25, 0.3) is 0 Å². The van der Waals surface area contributed by atoms with Crippen molar-refractivity contribution in [3.05, 3.63) is 83.7 Å². The van der Waals surface area contributed by atoms with Crippen molar-refractivity contribution in [2.75, 3.05) is 14.2 Å². The number of nitrogens with zero attached hydrogens (tertiary/aromatic N) is 2. The van der Waals surface area contributed by atoms with Gasteiger partial charge in [-0.15, -0.1) is 0 Å². The fourth-order valence-corrected chi connectivity index (χ4v) is 4.36. The summed E-state index contributed by atoms with van der Waals surface area (Å²) in [7, 11) is 2.94. The van der Waals surface area contributed by atoms with Gasteiger partial charge >= 0.3 is 12.1 Å². The lowest BCUT2D eigenvalue weighted by Gasteiger charge is -2.22. The van der Waals surface area contributed by atoms with Crippen molar-refractivity contribution in [3.63, 3.8) is 0 Å². The molecular weight excluding hydrogens is 534 g/mol. The Bertz CT molecular complexity index is 1470. The van der Waals surface area contributed by atoms with E-state index in [1.807, 2.05) is 75.4 Å². The highest BCUT2D eigenvalue weighted by Gasteiger charge is 2.25. The zero-order valence-electron chi connectivity index (χ0n) is 25.7. The lowest BCUT2D eigenvalue weighted by Crippen LogP contribution is -2.45. The summed E-state index contributed by atoms with van der Waals surface area (Å²) in [4.78, 5) is 29.1. The number of benzene rings is 2. The quantitative estimate of drug-likeness (QED) is 0.218. The summed E-state index contributed by atoms with van der Waals surface area (Å²) in [6, 6.07) is 16.3. The molecule has 0 bridgehead atoms. The average Bonchev–Trinajstić information content (AvgIpc) is 3.29. The maximum absolute atomic E-state index is 12.3. The highest BCUT2D eigenvalue weighted by molar-refractivity contribution is 5.87. The molecule has 2 aromatic carbocycles. The summed E-state index contributed by atoms with van der Waals surface area (Å²) in [6.45, 7) is 12.0.